The van der Waals surface area contributed by atoms with E-state index in [0.29, 0.717) is 28.3 Å². The second-order valence-corrected chi connectivity index (χ2v) is 7.56. The molecule has 0 heterocycles. The van der Waals surface area contributed by atoms with Crippen LogP contribution in [0, 0.1) is 5.92 Å². The third-order valence-corrected chi connectivity index (χ3v) is 4.61. The molecule has 0 bridgehead atoms. The quantitative estimate of drug-likeness (QED) is 0.600. The van der Waals surface area contributed by atoms with Crippen molar-refractivity contribution >= 4 is 27.7 Å². The van der Waals surface area contributed by atoms with Crippen molar-refractivity contribution in [2.45, 2.75) is 26.7 Å². The number of methoxy groups -OCH3 is 1. The molecule has 0 unspecified atom stereocenters. The van der Waals surface area contributed by atoms with Crippen LogP contribution in [0.5, 0.6) is 11.5 Å². The molecule has 2 aromatic rings. The van der Waals surface area contributed by atoms with Crippen LogP contribution < -0.4 is 20.3 Å². The zero-order valence-electron chi connectivity index (χ0n) is 16.3. The molecule has 0 atom stereocenters. The molecule has 6 nitrogen and oxygen atoms in total. The van der Waals surface area contributed by atoms with Crippen LogP contribution in [0.4, 0.5) is 0 Å². The van der Waals surface area contributed by atoms with E-state index in [1.807, 2.05) is 0 Å². The molecule has 0 aromatic heterocycles. The third kappa shape index (κ3) is 6.88. The van der Waals surface area contributed by atoms with Gasteiger partial charge in [-0.05, 0) is 64.2 Å². The molecule has 0 radical (unpaired) electrons. The van der Waals surface area contributed by atoms with Crippen molar-refractivity contribution in [2.75, 3.05) is 13.7 Å². The molecule has 7 heteroatoms. The van der Waals surface area contributed by atoms with Gasteiger partial charge in [-0.1, -0.05) is 26.0 Å². The molecule has 0 aliphatic carbocycles. The van der Waals surface area contributed by atoms with Gasteiger partial charge >= 0.3 is 0 Å². The van der Waals surface area contributed by atoms with E-state index in [-0.39, 0.29) is 12.3 Å². The highest BCUT2D eigenvalue weighted by Gasteiger charge is 2.11. The van der Waals surface area contributed by atoms with Gasteiger partial charge in [-0.3, -0.25) is 20.4 Å². The maximum atomic E-state index is 12.2. The monoisotopic (exact) mass is 448 g/mol. The Labute approximate surface area is 173 Å². The van der Waals surface area contributed by atoms with Crippen LogP contribution in [-0.4, -0.2) is 25.5 Å². The van der Waals surface area contributed by atoms with Crippen LogP contribution in [0.3, 0.4) is 0 Å². The standard InChI is InChI=1S/C21H25BrN2O4/c1-14(2)10-11-28-19-9-6-16(13-18(19)22)21(26)24-23-20(25)12-15-4-7-17(27-3)8-5-15/h4-9,13-14H,10-12H2,1-3H3,(H,23,25)(H,24,26). The van der Waals surface area contributed by atoms with E-state index in [0.717, 1.165) is 17.7 Å². The van der Waals surface area contributed by atoms with Gasteiger partial charge < -0.3 is 9.47 Å². The molecule has 2 amide bonds. The molecule has 0 aliphatic rings. The summed E-state index contributed by atoms with van der Waals surface area (Å²) < 4.78 is 11.5. The smallest absolute Gasteiger partial charge is 0.269 e. The molecule has 28 heavy (non-hydrogen) atoms. The lowest BCUT2D eigenvalue weighted by atomic mass is 10.1. The van der Waals surface area contributed by atoms with E-state index in [1.165, 1.54) is 0 Å². The van der Waals surface area contributed by atoms with Crippen molar-refractivity contribution in [2.24, 2.45) is 5.92 Å². The van der Waals surface area contributed by atoms with E-state index < -0.39 is 5.91 Å². The summed E-state index contributed by atoms with van der Waals surface area (Å²) in [5, 5.41) is 0. The van der Waals surface area contributed by atoms with Crippen LogP contribution in [0.25, 0.3) is 0 Å². The Morgan fingerprint density at radius 2 is 1.79 bits per heavy atom. The fraction of sp³-hybridized carbons (Fsp3) is 0.333. The van der Waals surface area contributed by atoms with Crippen molar-refractivity contribution in [1.82, 2.24) is 10.9 Å². The normalized spacial score (nSPS) is 10.5. The Morgan fingerprint density at radius 1 is 1.07 bits per heavy atom. The number of hydrogen-bond donors (Lipinski definition) is 2. The lowest BCUT2D eigenvalue weighted by molar-refractivity contribution is -0.121. The number of hydrazine groups is 1. The van der Waals surface area contributed by atoms with Gasteiger partial charge in [0.2, 0.25) is 5.91 Å². The number of benzene rings is 2. The summed E-state index contributed by atoms with van der Waals surface area (Å²) in [7, 11) is 1.58. The minimum Gasteiger partial charge on any atom is -0.497 e. The third-order valence-electron chi connectivity index (χ3n) is 3.99. The highest BCUT2D eigenvalue weighted by atomic mass is 79.9. The molecule has 2 rings (SSSR count). The van der Waals surface area contributed by atoms with Gasteiger partial charge in [0.05, 0.1) is 24.6 Å². The fourth-order valence-corrected chi connectivity index (χ4v) is 2.83. The van der Waals surface area contributed by atoms with Crippen molar-refractivity contribution in [1.29, 1.82) is 0 Å². The number of halogens is 1. The van der Waals surface area contributed by atoms with Crippen LogP contribution in [0.2, 0.25) is 0 Å². The Bertz CT molecular complexity index is 807. The van der Waals surface area contributed by atoms with E-state index in [9.17, 15) is 9.59 Å². The Morgan fingerprint density at radius 3 is 2.39 bits per heavy atom. The summed E-state index contributed by atoms with van der Waals surface area (Å²) in [6.07, 6.45) is 1.10. The first-order valence-corrected chi connectivity index (χ1v) is 9.82. The van der Waals surface area contributed by atoms with E-state index >= 15 is 0 Å². The average molecular weight is 449 g/mol. The number of ether oxygens (including phenoxy) is 2. The van der Waals surface area contributed by atoms with Gasteiger partial charge in [0, 0.05) is 5.56 Å². The lowest BCUT2D eigenvalue weighted by Crippen LogP contribution is -2.42. The van der Waals surface area contributed by atoms with Crippen LogP contribution in [-0.2, 0) is 11.2 Å². The molecule has 150 valence electrons. The molecule has 0 spiro atoms. The van der Waals surface area contributed by atoms with Gasteiger partial charge in [0.15, 0.2) is 0 Å². The van der Waals surface area contributed by atoms with Gasteiger partial charge in [0.1, 0.15) is 11.5 Å². The Kier molecular flexibility index (Phi) is 8.32. The molecular formula is C21H25BrN2O4. The average Bonchev–Trinajstić information content (AvgIpc) is 2.67. The number of carbonyl (C=O) groups excluding carboxylic acids is 2. The number of hydrogen-bond acceptors (Lipinski definition) is 4. The number of amides is 2. The Balaban J connectivity index is 1.84. The first kappa shape index (κ1) is 21.8. The second-order valence-electron chi connectivity index (χ2n) is 6.70. The summed E-state index contributed by atoms with van der Waals surface area (Å²) in [6.45, 7) is 4.88. The van der Waals surface area contributed by atoms with E-state index in [4.69, 9.17) is 9.47 Å². The first-order chi connectivity index (χ1) is 13.4. The lowest BCUT2D eigenvalue weighted by Gasteiger charge is -2.11. The van der Waals surface area contributed by atoms with E-state index in [2.05, 4.69) is 40.6 Å². The zero-order chi connectivity index (χ0) is 20.5. The van der Waals surface area contributed by atoms with Crippen molar-refractivity contribution < 1.29 is 19.1 Å². The number of nitrogens with one attached hydrogen (secondary N) is 2. The minimum atomic E-state index is -0.405. The van der Waals surface area contributed by atoms with Crippen molar-refractivity contribution in [3.05, 3.63) is 58.1 Å². The van der Waals surface area contributed by atoms with Crippen molar-refractivity contribution in [3.8, 4) is 11.5 Å². The van der Waals surface area contributed by atoms with E-state index in [1.54, 1.807) is 49.6 Å². The van der Waals surface area contributed by atoms with Crippen molar-refractivity contribution in [3.63, 3.8) is 0 Å². The minimum absolute atomic E-state index is 0.149. The highest BCUT2D eigenvalue weighted by molar-refractivity contribution is 9.10. The fourth-order valence-electron chi connectivity index (χ4n) is 2.34. The van der Waals surface area contributed by atoms with Crippen LogP contribution in [0.15, 0.2) is 46.9 Å². The predicted octanol–water partition coefficient (Wildman–Crippen LogP) is 3.89. The van der Waals surface area contributed by atoms with Gasteiger partial charge in [-0.25, -0.2) is 0 Å². The topological polar surface area (TPSA) is 76.7 Å². The summed E-state index contributed by atoms with van der Waals surface area (Å²) in [5.41, 5.74) is 6.07. The summed E-state index contributed by atoms with van der Waals surface area (Å²) in [5.74, 6) is 1.24. The van der Waals surface area contributed by atoms with Gasteiger partial charge in [-0.15, -0.1) is 0 Å². The van der Waals surface area contributed by atoms with Gasteiger partial charge in [-0.2, -0.15) is 0 Å². The number of rotatable bonds is 8. The largest absolute Gasteiger partial charge is 0.497 e. The highest BCUT2D eigenvalue weighted by Crippen LogP contribution is 2.26. The molecule has 0 aliphatic heterocycles. The maximum absolute atomic E-state index is 12.2. The molecule has 0 saturated carbocycles. The summed E-state index contributed by atoms with van der Waals surface area (Å²) in [4.78, 5) is 24.3. The molecular weight excluding hydrogens is 424 g/mol. The summed E-state index contributed by atoms with van der Waals surface area (Å²) >= 11 is 3.42. The zero-order valence-corrected chi connectivity index (χ0v) is 17.8. The molecule has 2 aromatic carbocycles. The molecule has 0 fully saturated rings. The maximum Gasteiger partial charge on any atom is 0.269 e. The van der Waals surface area contributed by atoms with Crippen LogP contribution >= 0.6 is 15.9 Å². The second kappa shape index (κ2) is 10.7. The number of carbonyl (C=O) groups is 2. The predicted molar refractivity (Wildman–Crippen MR) is 111 cm³/mol. The molecule has 0 saturated heterocycles. The summed E-state index contributed by atoms with van der Waals surface area (Å²) in [6, 6.07) is 12.2. The first-order valence-electron chi connectivity index (χ1n) is 9.03. The Hall–Kier alpha value is -2.54. The molecule has 2 N–H and O–H groups in total. The van der Waals surface area contributed by atoms with Gasteiger partial charge in [0.25, 0.3) is 5.91 Å². The van der Waals surface area contributed by atoms with Crippen LogP contribution in [0.1, 0.15) is 36.2 Å². The SMILES string of the molecule is COc1ccc(CC(=O)NNC(=O)c2ccc(OCCC(C)C)c(Br)c2)cc1.